The lowest BCUT2D eigenvalue weighted by Gasteiger charge is -2.29. The molecule has 1 amide bonds. The number of Topliss-reactive ketones (excluding diaryl/α,β-unsaturated/α-hetero) is 1. The van der Waals surface area contributed by atoms with Gasteiger partial charge in [0.15, 0.2) is 0 Å². The first kappa shape index (κ1) is 17.5. The molecule has 138 valence electrons. The zero-order valence-corrected chi connectivity index (χ0v) is 15.8. The molecule has 4 nitrogen and oxygen atoms in total. The Hall–Kier alpha value is -2.88. The fourth-order valence-electron chi connectivity index (χ4n) is 3.77. The van der Waals surface area contributed by atoms with Crippen molar-refractivity contribution in [3.63, 3.8) is 0 Å². The molecule has 1 aliphatic rings. The van der Waals surface area contributed by atoms with E-state index >= 15 is 0 Å². The molecule has 1 aromatic carbocycles. The van der Waals surface area contributed by atoms with Crippen molar-refractivity contribution in [3.05, 3.63) is 66.0 Å². The summed E-state index contributed by atoms with van der Waals surface area (Å²) in [4.78, 5) is 27.9. The van der Waals surface area contributed by atoms with Crippen LogP contribution in [0.3, 0.4) is 0 Å². The molecule has 1 fully saturated rings. The van der Waals surface area contributed by atoms with Gasteiger partial charge >= 0.3 is 0 Å². The van der Waals surface area contributed by atoms with Crippen LogP contribution >= 0.6 is 0 Å². The van der Waals surface area contributed by atoms with Gasteiger partial charge in [0.2, 0.25) is 0 Å². The van der Waals surface area contributed by atoms with Gasteiger partial charge in [0, 0.05) is 30.4 Å². The predicted octanol–water partition coefficient (Wildman–Crippen LogP) is 4.36. The minimum Gasteiger partial charge on any atom is -0.336 e. The van der Waals surface area contributed by atoms with Gasteiger partial charge in [0.25, 0.3) is 11.7 Å². The van der Waals surface area contributed by atoms with Crippen molar-refractivity contribution >= 4 is 17.2 Å². The minimum absolute atomic E-state index is 0.390. The smallest absolute Gasteiger partial charge is 0.296 e. The second kappa shape index (κ2) is 7.03. The monoisotopic (exact) mass is 360 g/mol. The maximum Gasteiger partial charge on any atom is 0.296 e. The molecule has 0 bridgehead atoms. The SMILES string of the molecule is Cc1ccc(-c2cc3ccccn3c2C(=O)C(=O)N2CCC(C)CC2)cc1. The highest BCUT2D eigenvalue weighted by Crippen LogP contribution is 2.29. The number of aryl methyl sites for hydroxylation is 1. The summed E-state index contributed by atoms with van der Waals surface area (Å²) >= 11 is 0. The Morgan fingerprint density at radius 1 is 1.00 bits per heavy atom. The van der Waals surface area contributed by atoms with E-state index in [1.807, 2.05) is 66.1 Å². The largest absolute Gasteiger partial charge is 0.336 e. The number of ketones is 1. The molecule has 2 aromatic heterocycles. The maximum atomic E-state index is 13.2. The van der Waals surface area contributed by atoms with E-state index in [0.717, 1.165) is 35.0 Å². The highest BCUT2D eigenvalue weighted by atomic mass is 16.2. The van der Waals surface area contributed by atoms with Crippen LogP contribution in [0.1, 0.15) is 35.8 Å². The summed E-state index contributed by atoms with van der Waals surface area (Å²) in [7, 11) is 0. The van der Waals surface area contributed by atoms with Gasteiger partial charge in [-0.3, -0.25) is 9.59 Å². The third kappa shape index (κ3) is 3.27. The minimum atomic E-state index is -0.425. The lowest BCUT2D eigenvalue weighted by molar-refractivity contribution is -0.127. The van der Waals surface area contributed by atoms with E-state index in [2.05, 4.69) is 6.92 Å². The normalized spacial score (nSPS) is 15.3. The molecule has 0 radical (unpaired) electrons. The van der Waals surface area contributed by atoms with Crippen LogP contribution in [0.2, 0.25) is 0 Å². The Morgan fingerprint density at radius 2 is 1.70 bits per heavy atom. The second-order valence-corrected chi connectivity index (χ2v) is 7.57. The summed E-state index contributed by atoms with van der Waals surface area (Å²) in [5.74, 6) is -0.202. The summed E-state index contributed by atoms with van der Waals surface area (Å²) < 4.78 is 1.84. The van der Waals surface area contributed by atoms with Crippen molar-refractivity contribution in [2.45, 2.75) is 26.7 Å². The number of carbonyl (C=O) groups is 2. The Labute approximate surface area is 159 Å². The number of nitrogens with zero attached hydrogens (tertiary/aromatic N) is 2. The molecule has 0 N–H and O–H groups in total. The van der Waals surface area contributed by atoms with E-state index in [1.54, 1.807) is 4.90 Å². The van der Waals surface area contributed by atoms with Gasteiger partial charge < -0.3 is 9.30 Å². The first-order chi connectivity index (χ1) is 13.0. The summed E-state index contributed by atoms with van der Waals surface area (Å²) in [5.41, 5.74) is 4.29. The first-order valence-corrected chi connectivity index (χ1v) is 9.55. The average Bonchev–Trinajstić information content (AvgIpc) is 3.07. The van der Waals surface area contributed by atoms with Crippen LogP contribution in [-0.4, -0.2) is 34.1 Å². The zero-order chi connectivity index (χ0) is 19.0. The number of pyridine rings is 1. The van der Waals surface area contributed by atoms with Gasteiger partial charge in [-0.1, -0.05) is 42.8 Å². The van der Waals surface area contributed by atoms with Crippen molar-refractivity contribution in [3.8, 4) is 11.1 Å². The molecule has 3 aromatic rings. The molecule has 1 aliphatic heterocycles. The highest BCUT2D eigenvalue weighted by molar-refractivity contribution is 6.43. The number of carbonyl (C=O) groups excluding carboxylic acids is 2. The standard InChI is InChI=1S/C23H24N2O2/c1-16-6-8-18(9-7-16)20-15-19-5-3-4-12-25(19)21(20)22(26)23(27)24-13-10-17(2)11-14-24/h3-9,12,15,17H,10-11,13-14H2,1-2H3. The van der Waals surface area contributed by atoms with Gasteiger partial charge in [0.1, 0.15) is 5.69 Å². The van der Waals surface area contributed by atoms with Crippen molar-refractivity contribution in [1.82, 2.24) is 9.30 Å². The van der Waals surface area contributed by atoms with Crippen molar-refractivity contribution < 1.29 is 9.59 Å². The molecular weight excluding hydrogens is 336 g/mol. The lowest BCUT2D eigenvalue weighted by atomic mass is 9.98. The fraction of sp³-hybridized carbons (Fsp3) is 0.304. The van der Waals surface area contributed by atoms with E-state index < -0.39 is 5.78 Å². The van der Waals surface area contributed by atoms with Gasteiger partial charge in [-0.05, 0) is 49.4 Å². The number of likely N-dealkylation sites (tertiary alicyclic amines) is 1. The van der Waals surface area contributed by atoms with Gasteiger partial charge in [0.05, 0.1) is 0 Å². The van der Waals surface area contributed by atoms with E-state index in [4.69, 9.17) is 0 Å². The maximum absolute atomic E-state index is 13.2. The van der Waals surface area contributed by atoms with Gasteiger partial charge in [-0.25, -0.2) is 0 Å². The van der Waals surface area contributed by atoms with Crippen LogP contribution in [0.5, 0.6) is 0 Å². The Morgan fingerprint density at radius 3 is 2.41 bits per heavy atom. The summed E-state index contributed by atoms with van der Waals surface area (Å²) in [5, 5.41) is 0. The third-order valence-corrected chi connectivity index (χ3v) is 5.52. The average molecular weight is 360 g/mol. The second-order valence-electron chi connectivity index (χ2n) is 7.57. The Bertz CT molecular complexity index is 993. The van der Waals surface area contributed by atoms with E-state index in [0.29, 0.717) is 24.7 Å². The van der Waals surface area contributed by atoms with Gasteiger partial charge in [-0.2, -0.15) is 0 Å². The van der Waals surface area contributed by atoms with Crippen LogP contribution in [-0.2, 0) is 4.79 Å². The number of amides is 1. The van der Waals surface area contributed by atoms with Crippen LogP contribution < -0.4 is 0 Å². The van der Waals surface area contributed by atoms with E-state index in [9.17, 15) is 9.59 Å². The topological polar surface area (TPSA) is 41.8 Å². The van der Waals surface area contributed by atoms with Crippen molar-refractivity contribution in [2.24, 2.45) is 5.92 Å². The predicted molar refractivity (Wildman–Crippen MR) is 107 cm³/mol. The Kier molecular flexibility index (Phi) is 4.56. The molecular formula is C23H24N2O2. The summed E-state index contributed by atoms with van der Waals surface area (Å²) in [6.45, 7) is 5.55. The van der Waals surface area contributed by atoms with Crippen LogP contribution in [0.15, 0.2) is 54.7 Å². The number of rotatable bonds is 3. The molecule has 0 saturated carbocycles. The molecule has 3 heterocycles. The molecule has 0 unspecified atom stereocenters. The molecule has 1 saturated heterocycles. The fourth-order valence-corrected chi connectivity index (χ4v) is 3.77. The van der Waals surface area contributed by atoms with Crippen LogP contribution in [0.25, 0.3) is 16.6 Å². The Balaban J connectivity index is 1.77. The number of hydrogen-bond donors (Lipinski definition) is 0. The number of fused-ring (bicyclic) bond motifs is 1. The van der Waals surface area contributed by atoms with Crippen LogP contribution in [0, 0.1) is 12.8 Å². The zero-order valence-electron chi connectivity index (χ0n) is 15.8. The lowest BCUT2D eigenvalue weighted by Crippen LogP contribution is -2.42. The number of hydrogen-bond acceptors (Lipinski definition) is 2. The molecule has 0 aliphatic carbocycles. The number of aromatic nitrogens is 1. The highest BCUT2D eigenvalue weighted by Gasteiger charge is 2.30. The van der Waals surface area contributed by atoms with Crippen molar-refractivity contribution in [2.75, 3.05) is 13.1 Å². The van der Waals surface area contributed by atoms with Gasteiger partial charge in [-0.15, -0.1) is 0 Å². The first-order valence-electron chi connectivity index (χ1n) is 9.55. The van der Waals surface area contributed by atoms with Crippen molar-refractivity contribution in [1.29, 1.82) is 0 Å². The molecule has 0 atom stereocenters. The van der Waals surface area contributed by atoms with E-state index in [1.165, 1.54) is 0 Å². The number of piperidine rings is 1. The quantitative estimate of drug-likeness (QED) is 0.514. The van der Waals surface area contributed by atoms with Crippen LogP contribution in [0.4, 0.5) is 0 Å². The molecule has 0 spiro atoms. The third-order valence-electron chi connectivity index (χ3n) is 5.52. The summed E-state index contributed by atoms with van der Waals surface area (Å²) in [6.07, 6.45) is 3.77. The van der Waals surface area contributed by atoms with E-state index in [-0.39, 0.29) is 5.91 Å². The molecule has 27 heavy (non-hydrogen) atoms. The molecule has 4 rings (SSSR count). The summed E-state index contributed by atoms with van der Waals surface area (Å²) in [6, 6.07) is 15.8. The molecule has 4 heteroatoms. The number of benzene rings is 1.